The Kier molecular flexibility index (Phi) is 5.11. The minimum atomic E-state index is 0.404. The molecule has 6 nitrogen and oxygen atoms in total. The predicted molar refractivity (Wildman–Crippen MR) is 117 cm³/mol. The van der Waals surface area contributed by atoms with Crippen LogP contribution in [0, 0.1) is 29.2 Å². The molecule has 2 fully saturated rings. The van der Waals surface area contributed by atoms with Gasteiger partial charge in [0.15, 0.2) is 0 Å². The maximum absolute atomic E-state index is 9.15. The van der Waals surface area contributed by atoms with Crippen molar-refractivity contribution in [1.82, 2.24) is 14.9 Å². The number of nitrogens with one attached hydrogen (secondary N) is 1. The molecule has 150 valence electrons. The van der Waals surface area contributed by atoms with Crippen molar-refractivity contribution >= 4 is 16.9 Å². The molecule has 0 bridgehead atoms. The molecule has 0 saturated carbocycles. The fourth-order valence-electron chi connectivity index (χ4n) is 4.04. The Balaban J connectivity index is 1.61. The molecule has 2 saturated heterocycles. The van der Waals surface area contributed by atoms with Gasteiger partial charge in [-0.25, -0.2) is 4.98 Å². The summed E-state index contributed by atoms with van der Waals surface area (Å²) >= 11 is 0. The lowest BCUT2D eigenvalue weighted by Crippen LogP contribution is -2.37. The largest absolute Gasteiger partial charge is 0.378 e. The minimum absolute atomic E-state index is 0.404. The van der Waals surface area contributed by atoms with Gasteiger partial charge in [-0.15, -0.1) is 0 Å². The highest BCUT2D eigenvalue weighted by Crippen LogP contribution is 2.33. The van der Waals surface area contributed by atoms with Gasteiger partial charge in [-0.05, 0) is 42.8 Å². The monoisotopic (exact) mass is 397 g/mol. The van der Waals surface area contributed by atoms with Crippen LogP contribution < -0.4 is 10.2 Å². The molecule has 30 heavy (non-hydrogen) atoms. The van der Waals surface area contributed by atoms with E-state index in [-0.39, 0.29) is 0 Å². The van der Waals surface area contributed by atoms with Crippen LogP contribution in [0.4, 0.5) is 5.82 Å². The van der Waals surface area contributed by atoms with E-state index in [1.165, 1.54) is 0 Å². The molecule has 1 atom stereocenters. The molecule has 1 aromatic carbocycles. The zero-order valence-corrected chi connectivity index (χ0v) is 16.8. The van der Waals surface area contributed by atoms with Crippen LogP contribution in [0.15, 0.2) is 42.6 Å². The number of nitriles is 1. The summed E-state index contributed by atoms with van der Waals surface area (Å²) in [7, 11) is 0. The minimum Gasteiger partial charge on any atom is -0.378 e. The van der Waals surface area contributed by atoms with Gasteiger partial charge in [-0.2, -0.15) is 5.26 Å². The molecule has 3 aromatic rings. The van der Waals surface area contributed by atoms with Crippen LogP contribution in [0.3, 0.4) is 0 Å². The van der Waals surface area contributed by atoms with Crippen LogP contribution in [0.1, 0.15) is 12.0 Å². The van der Waals surface area contributed by atoms with Crippen LogP contribution in [0.25, 0.3) is 22.2 Å². The van der Waals surface area contributed by atoms with Gasteiger partial charge in [0, 0.05) is 43.4 Å². The highest BCUT2D eigenvalue weighted by molar-refractivity contribution is 5.89. The highest BCUT2D eigenvalue weighted by Gasteiger charge is 2.19. The van der Waals surface area contributed by atoms with Crippen molar-refractivity contribution < 1.29 is 4.74 Å². The van der Waals surface area contributed by atoms with E-state index in [0.717, 1.165) is 60.6 Å². The third kappa shape index (κ3) is 3.64. The summed E-state index contributed by atoms with van der Waals surface area (Å²) in [6, 6.07) is 17.4. The smallest absolute Gasteiger partial charge is 0.137 e. The number of hydrogen-bond acceptors (Lipinski definition) is 5. The van der Waals surface area contributed by atoms with Gasteiger partial charge in [-0.3, -0.25) is 4.57 Å². The van der Waals surface area contributed by atoms with Gasteiger partial charge in [0.1, 0.15) is 5.82 Å². The summed E-state index contributed by atoms with van der Waals surface area (Å²) in [5, 5.41) is 12.5. The fraction of sp³-hybridized carbons (Fsp3) is 0.333. The second kappa shape index (κ2) is 8.20. The van der Waals surface area contributed by atoms with E-state index in [2.05, 4.69) is 34.3 Å². The molecule has 0 unspecified atom stereocenters. The Hall–Kier alpha value is -3.32. The average molecular weight is 397 g/mol. The van der Waals surface area contributed by atoms with E-state index in [4.69, 9.17) is 15.0 Å². The molecule has 2 aromatic heterocycles. The Morgan fingerprint density at radius 1 is 1.13 bits per heavy atom. The van der Waals surface area contributed by atoms with Crippen molar-refractivity contribution in [1.29, 1.82) is 5.26 Å². The van der Waals surface area contributed by atoms with E-state index in [1.807, 2.05) is 41.1 Å². The van der Waals surface area contributed by atoms with Gasteiger partial charge >= 0.3 is 0 Å². The zero-order valence-electron chi connectivity index (χ0n) is 16.8. The molecule has 1 N–H and O–H groups in total. The zero-order chi connectivity index (χ0) is 20.3. The Bertz CT molecular complexity index is 1150. The lowest BCUT2D eigenvalue weighted by atomic mass is 10.0. The van der Waals surface area contributed by atoms with Crippen LogP contribution in [0.2, 0.25) is 0 Å². The number of morpholine rings is 1. The molecule has 5 rings (SSSR count). The number of anilines is 1. The number of hydrogen-bond donors (Lipinski definition) is 1. The van der Waals surface area contributed by atoms with Crippen molar-refractivity contribution in [3.8, 4) is 29.2 Å². The van der Waals surface area contributed by atoms with Crippen molar-refractivity contribution in [3.63, 3.8) is 0 Å². The van der Waals surface area contributed by atoms with Crippen LogP contribution in [0.5, 0.6) is 0 Å². The van der Waals surface area contributed by atoms with E-state index in [0.29, 0.717) is 24.7 Å². The van der Waals surface area contributed by atoms with Gasteiger partial charge in [-0.1, -0.05) is 18.1 Å². The van der Waals surface area contributed by atoms with Crippen molar-refractivity contribution in [2.75, 3.05) is 44.3 Å². The third-order valence-corrected chi connectivity index (χ3v) is 5.74. The molecule has 2 aliphatic rings. The normalized spacial score (nSPS) is 18.8. The standard InChI is InChI=1S/C24H23N5O/c25-16-18-1-3-20(4-2-18)21-15-23-22(27-24(21)29-11-13-30-14-12-29)7-10-28(23)9-6-19-5-8-26-17-19/h1-4,7,10,15,19,26H,5,8,11-14,17H2/t19-/m0/s1. The number of ether oxygens (including phenoxy) is 1. The SMILES string of the molecule is N#Cc1ccc(-c2cc3c(ccn3C#C[C@@H]3CCNC3)nc2N2CCOCC2)cc1. The second-order valence-electron chi connectivity index (χ2n) is 7.68. The Morgan fingerprint density at radius 2 is 1.97 bits per heavy atom. The van der Waals surface area contributed by atoms with Crippen LogP contribution >= 0.6 is 0 Å². The van der Waals surface area contributed by atoms with Gasteiger partial charge in [0.05, 0.1) is 35.9 Å². The molecule has 6 heteroatoms. The van der Waals surface area contributed by atoms with Crippen LogP contribution in [-0.4, -0.2) is 48.9 Å². The van der Waals surface area contributed by atoms with E-state index in [1.54, 1.807) is 0 Å². The molecule has 4 heterocycles. The predicted octanol–water partition coefficient (Wildman–Crippen LogP) is 2.83. The number of pyridine rings is 1. The van der Waals surface area contributed by atoms with Gasteiger partial charge in [0.25, 0.3) is 0 Å². The maximum Gasteiger partial charge on any atom is 0.137 e. The molecular weight excluding hydrogens is 374 g/mol. The first-order chi connectivity index (χ1) is 14.8. The summed E-state index contributed by atoms with van der Waals surface area (Å²) in [5.74, 6) is 4.75. The number of fused-ring (bicyclic) bond motifs is 1. The number of aromatic nitrogens is 2. The number of rotatable bonds is 2. The topological polar surface area (TPSA) is 66.1 Å². The van der Waals surface area contributed by atoms with Gasteiger partial charge in [0.2, 0.25) is 0 Å². The lowest BCUT2D eigenvalue weighted by Gasteiger charge is -2.29. The number of nitrogens with zero attached hydrogens (tertiary/aromatic N) is 4. The van der Waals surface area contributed by atoms with Crippen molar-refractivity contribution in [2.45, 2.75) is 6.42 Å². The third-order valence-electron chi connectivity index (χ3n) is 5.74. The van der Waals surface area contributed by atoms with Crippen molar-refractivity contribution in [3.05, 3.63) is 48.2 Å². The van der Waals surface area contributed by atoms with Crippen LogP contribution in [-0.2, 0) is 4.74 Å². The molecule has 2 aliphatic heterocycles. The second-order valence-corrected chi connectivity index (χ2v) is 7.68. The number of benzene rings is 1. The Labute approximate surface area is 176 Å². The van der Waals surface area contributed by atoms with E-state index < -0.39 is 0 Å². The van der Waals surface area contributed by atoms with E-state index >= 15 is 0 Å². The first-order valence-corrected chi connectivity index (χ1v) is 10.4. The fourth-order valence-corrected chi connectivity index (χ4v) is 4.04. The quantitative estimate of drug-likeness (QED) is 0.674. The molecule has 0 aliphatic carbocycles. The first-order valence-electron chi connectivity index (χ1n) is 10.4. The summed E-state index contributed by atoms with van der Waals surface area (Å²) in [5.41, 5.74) is 4.70. The van der Waals surface area contributed by atoms with Gasteiger partial charge < -0.3 is 15.0 Å². The highest BCUT2D eigenvalue weighted by atomic mass is 16.5. The molecule has 0 amide bonds. The molecular formula is C24H23N5O. The summed E-state index contributed by atoms with van der Waals surface area (Å²) in [4.78, 5) is 7.30. The Morgan fingerprint density at radius 3 is 2.70 bits per heavy atom. The summed E-state index contributed by atoms with van der Waals surface area (Å²) in [6.07, 6.45) is 3.10. The lowest BCUT2D eigenvalue weighted by molar-refractivity contribution is 0.122. The first kappa shape index (κ1) is 18.7. The summed E-state index contributed by atoms with van der Waals surface area (Å²) in [6.45, 7) is 5.04. The van der Waals surface area contributed by atoms with Crippen molar-refractivity contribution in [2.24, 2.45) is 5.92 Å². The molecule has 0 radical (unpaired) electrons. The summed E-state index contributed by atoms with van der Waals surface area (Å²) < 4.78 is 7.52. The average Bonchev–Trinajstić information content (AvgIpc) is 3.47. The maximum atomic E-state index is 9.15. The van der Waals surface area contributed by atoms with E-state index in [9.17, 15) is 0 Å². The molecule has 0 spiro atoms.